The fraction of sp³-hybridized carbons (Fsp3) is 0.286. The third kappa shape index (κ3) is 1.61. The third-order valence-electron chi connectivity index (χ3n) is 1.15. The molecule has 1 rings (SSSR count). The predicted molar refractivity (Wildman–Crippen MR) is 38.9 cm³/mol. The van der Waals surface area contributed by atoms with E-state index in [9.17, 15) is 4.79 Å². The van der Waals surface area contributed by atoms with Gasteiger partial charge in [-0.3, -0.25) is 0 Å². The second kappa shape index (κ2) is 3.42. The van der Waals surface area contributed by atoms with Crippen molar-refractivity contribution in [3.05, 3.63) is 23.8 Å². The lowest BCUT2D eigenvalue weighted by molar-refractivity contribution is -0.137. The molecule has 0 bridgehead atoms. The molecule has 1 aliphatic rings. The highest BCUT2D eigenvalue weighted by atomic mass is 35.5. The van der Waals surface area contributed by atoms with Gasteiger partial charge >= 0.3 is 5.97 Å². The van der Waals surface area contributed by atoms with E-state index in [4.69, 9.17) is 16.3 Å². The van der Waals surface area contributed by atoms with Crippen molar-refractivity contribution in [3.63, 3.8) is 0 Å². The highest BCUT2D eigenvalue weighted by molar-refractivity contribution is 6.22. The van der Waals surface area contributed by atoms with Crippen LogP contribution >= 0.6 is 11.6 Å². The number of alkyl halides is 1. The average Bonchev–Trinajstić information content (AvgIpc) is 2.13. The molecular formula is C7H7ClO2. The summed E-state index contributed by atoms with van der Waals surface area (Å²) in [5.41, 5.74) is 0.510. The minimum atomic E-state index is -0.319. The highest BCUT2D eigenvalue weighted by Crippen LogP contribution is 2.04. The Morgan fingerprint density at radius 1 is 1.70 bits per heavy atom. The zero-order valence-electron chi connectivity index (χ0n) is 5.34. The third-order valence-corrected chi connectivity index (χ3v) is 1.44. The van der Waals surface area contributed by atoms with E-state index in [0.29, 0.717) is 12.2 Å². The summed E-state index contributed by atoms with van der Waals surface area (Å²) in [6, 6.07) is 0. The van der Waals surface area contributed by atoms with E-state index in [2.05, 4.69) is 0 Å². The van der Waals surface area contributed by atoms with E-state index in [-0.39, 0.29) is 11.8 Å². The Morgan fingerprint density at radius 3 is 3.20 bits per heavy atom. The fourth-order valence-corrected chi connectivity index (χ4v) is 0.822. The average molecular weight is 159 g/mol. The number of hydrogen-bond acceptors (Lipinski definition) is 2. The summed E-state index contributed by atoms with van der Waals surface area (Å²) in [5, 5.41) is 0. The van der Waals surface area contributed by atoms with Gasteiger partial charge in [-0.2, -0.15) is 0 Å². The second-order valence-electron chi connectivity index (χ2n) is 1.85. The topological polar surface area (TPSA) is 26.3 Å². The van der Waals surface area contributed by atoms with Crippen LogP contribution in [0.2, 0.25) is 0 Å². The van der Waals surface area contributed by atoms with Gasteiger partial charge in [-0.15, -0.1) is 11.6 Å². The molecule has 0 N–H and O–H groups in total. The number of hydrogen-bond donors (Lipinski definition) is 0. The molecule has 0 spiro atoms. The summed E-state index contributed by atoms with van der Waals surface area (Å²) >= 11 is 5.44. The lowest BCUT2D eigenvalue weighted by Gasteiger charge is -1.98. The van der Waals surface area contributed by atoms with Crippen LogP contribution in [0.3, 0.4) is 0 Å². The first-order chi connectivity index (χ1) is 4.84. The summed E-state index contributed by atoms with van der Waals surface area (Å²) < 4.78 is 4.73. The molecule has 0 amide bonds. The van der Waals surface area contributed by atoms with E-state index in [1.165, 1.54) is 0 Å². The van der Waals surface area contributed by atoms with Crippen LogP contribution in [0.1, 0.15) is 0 Å². The van der Waals surface area contributed by atoms with Crippen molar-refractivity contribution in [3.8, 4) is 0 Å². The maximum Gasteiger partial charge on any atom is 0.335 e. The van der Waals surface area contributed by atoms with Crippen molar-refractivity contribution in [2.45, 2.75) is 0 Å². The number of carbonyl (C=O) groups is 1. The maximum absolute atomic E-state index is 10.8. The number of ether oxygens (including phenoxy) is 1. The van der Waals surface area contributed by atoms with Crippen LogP contribution < -0.4 is 0 Å². The number of halogens is 1. The quantitative estimate of drug-likeness (QED) is 0.424. The molecule has 0 aromatic carbocycles. The molecule has 0 fully saturated rings. The highest BCUT2D eigenvalue weighted by Gasteiger charge is 2.09. The van der Waals surface area contributed by atoms with Gasteiger partial charge in [0.1, 0.15) is 6.61 Å². The van der Waals surface area contributed by atoms with E-state index >= 15 is 0 Å². The Balaban J connectivity index is 2.73. The smallest absolute Gasteiger partial charge is 0.335 e. The van der Waals surface area contributed by atoms with Crippen LogP contribution in [0.4, 0.5) is 0 Å². The SMILES string of the molecule is O=C1OCC=CC=C1CCl. The largest absolute Gasteiger partial charge is 0.458 e. The minimum absolute atomic E-state index is 0.211. The van der Waals surface area contributed by atoms with E-state index in [1.807, 2.05) is 0 Å². The Kier molecular flexibility index (Phi) is 2.51. The van der Waals surface area contributed by atoms with Gasteiger partial charge < -0.3 is 4.74 Å². The minimum Gasteiger partial charge on any atom is -0.458 e. The van der Waals surface area contributed by atoms with Gasteiger partial charge in [-0.05, 0) is 6.08 Å². The van der Waals surface area contributed by atoms with Crippen molar-refractivity contribution < 1.29 is 9.53 Å². The van der Waals surface area contributed by atoms with Gasteiger partial charge in [-0.25, -0.2) is 4.79 Å². The molecule has 0 aliphatic carbocycles. The van der Waals surface area contributed by atoms with Crippen LogP contribution in [0.5, 0.6) is 0 Å². The summed E-state index contributed by atoms with van der Waals surface area (Å²) in [7, 11) is 0. The van der Waals surface area contributed by atoms with Crippen molar-refractivity contribution in [2.24, 2.45) is 0 Å². The lowest BCUT2D eigenvalue weighted by Crippen LogP contribution is -2.07. The van der Waals surface area contributed by atoms with Crippen LogP contribution in [0, 0.1) is 0 Å². The molecule has 0 radical (unpaired) electrons. The molecule has 1 aliphatic heterocycles. The van der Waals surface area contributed by atoms with Crippen molar-refractivity contribution in [2.75, 3.05) is 12.5 Å². The summed E-state index contributed by atoms with van der Waals surface area (Å²) in [6.45, 7) is 0.343. The molecular weight excluding hydrogens is 152 g/mol. The number of allylic oxidation sites excluding steroid dienone is 2. The molecule has 0 saturated carbocycles. The van der Waals surface area contributed by atoms with E-state index in [0.717, 1.165) is 0 Å². The van der Waals surface area contributed by atoms with Crippen molar-refractivity contribution in [1.82, 2.24) is 0 Å². The van der Waals surface area contributed by atoms with E-state index < -0.39 is 0 Å². The zero-order chi connectivity index (χ0) is 7.40. The molecule has 0 aromatic heterocycles. The second-order valence-corrected chi connectivity index (χ2v) is 2.12. The molecule has 3 heteroatoms. The van der Waals surface area contributed by atoms with E-state index in [1.54, 1.807) is 18.2 Å². The summed E-state index contributed by atoms with van der Waals surface area (Å²) in [6.07, 6.45) is 5.20. The van der Waals surface area contributed by atoms with Gasteiger partial charge in [0.2, 0.25) is 0 Å². The Labute approximate surface area is 64.1 Å². The van der Waals surface area contributed by atoms with Crippen LogP contribution in [0.15, 0.2) is 23.8 Å². The monoisotopic (exact) mass is 158 g/mol. The van der Waals surface area contributed by atoms with Gasteiger partial charge in [0.25, 0.3) is 0 Å². The molecule has 10 heavy (non-hydrogen) atoms. The fourth-order valence-electron chi connectivity index (χ4n) is 0.623. The first-order valence-electron chi connectivity index (χ1n) is 2.93. The standard InChI is InChI=1S/C7H7ClO2/c8-5-6-3-1-2-4-10-7(6)9/h1-3H,4-5H2. The first kappa shape index (κ1) is 7.35. The lowest BCUT2D eigenvalue weighted by atomic mass is 10.3. The number of esters is 1. The first-order valence-corrected chi connectivity index (χ1v) is 3.47. The molecule has 54 valence electrons. The Hall–Kier alpha value is -0.760. The van der Waals surface area contributed by atoms with Crippen molar-refractivity contribution in [1.29, 1.82) is 0 Å². The molecule has 2 nitrogen and oxygen atoms in total. The normalized spacial score (nSPS) is 17.7. The Bertz CT molecular complexity index is 194. The Morgan fingerprint density at radius 2 is 2.50 bits per heavy atom. The number of cyclic esters (lactones) is 1. The van der Waals surface area contributed by atoms with Gasteiger partial charge in [-0.1, -0.05) is 12.2 Å². The molecule has 0 atom stereocenters. The number of carbonyl (C=O) groups excluding carboxylic acids is 1. The van der Waals surface area contributed by atoms with Crippen molar-refractivity contribution >= 4 is 17.6 Å². The number of rotatable bonds is 1. The van der Waals surface area contributed by atoms with Crippen LogP contribution in [-0.4, -0.2) is 18.5 Å². The van der Waals surface area contributed by atoms with Gasteiger partial charge in [0.05, 0.1) is 11.5 Å². The predicted octanol–water partition coefficient (Wildman–Crippen LogP) is 1.26. The molecule has 1 heterocycles. The maximum atomic E-state index is 10.8. The summed E-state index contributed by atoms with van der Waals surface area (Å²) in [5.74, 6) is -0.108. The van der Waals surface area contributed by atoms with Crippen LogP contribution in [-0.2, 0) is 9.53 Å². The summed E-state index contributed by atoms with van der Waals surface area (Å²) in [4.78, 5) is 10.8. The van der Waals surface area contributed by atoms with Gasteiger partial charge in [0, 0.05) is 0 Å². The van der Waals surface area contributed by atoms with Gasteiger partial charge in [0.15, 0.2) is 0 Å². The molecule has 0 saturated heterocycles. The van der Waals surface area contributed by atoms with Crippen LogP contribution in [0.25, 0.3) is 0 Å². The molecule has 0 unspecified atom stereocenters. The zero-order valence-corrected chi connectivity index (χ0v) is 6.10. The molecule has 0 aromatic rings.